The molecule has 2 rings (SSSR count). The first-order valence-corrected chi connectivity index (χ1v) is 10.4. The Labute approximate surface area is 128 Å². The van der Waals surface area contributed by atoms with Crippen LogP contribution in [0.3, 0.4) is 0 Å². The zero-order valence-electron chi connectivity index (χ0n) is 12.5. The van der Waals surface area contributed by atoms with Gasteiger partial charge in [-0.15, -0.1) is 0 Å². The Kier molecular flexibility index (Phi) is 4.32. The van der Waals surface area contributed by atoms with E-state index in [1.165, 1.54) is 4.34 Å². The van der Waals surface area contributed by atoms with Gasteiger partial charge < -0.3 is 5.11 Å². The van der Waals surface area contributed by atoms with Crippen molar-refractivity contribution in [1.29, 1.82) is 0 Å². The lowest BCUT2D eigenvalue weighted by molar-refractivity contribution is -0.139. The van der Waals surface area contributed by atoms with E-state index >= 15 is 0 Å². The van der Waals surface area contributed by atoms with Gasteiger partial charge in [0.25, 0.3) is 5.56 Å². The number of hydrogen-bond acceptors (Lipinski definition) is 4. The third kappa shape index (κ3) is 2.51. The van der Waals surface area contributed by atoms with Crippen LogP contribution in [0.4, 0.5) is 5.82 Å². The van der Waals surface area contributed by atoms with E-state index in [-0.39, 0.29) is 11.4 Å². The van der Waals surface area contributed by atoms with E-state index < -0.39 is 44.0 Å². The molecule has 2 heterocycles. The summed E-state index contributed by atoms with van der Waals surface area (Å²) in [6, 6.07) is 0. The molecular formula is C13H17N3O4P2+2. The van der Waals surface area contributed by atoms with Gasteiger partial charge in [0.15, 0.2) is 11.5 Å². The molecule has 0 aromatic carbocycles. The van der Waals surface area contributed by atoms with Gasteiger partial charge in [0.05, 0.1) is 26.8 Å². The first kappa shape index (κ1) is 16.5. The number of nitrogens with zero attached hydrogens (tertiary/aromatic N) is 2. The van der Waals surface area contributed by atoms with Gasteiger partial charge in [-0.2, -0.15) is 0 Å². The van der Waals surface area contributed by atoms with Gasteiger partial charge in [0.2, 0.25) is 7.70 Å². The second kappa shape index (κ2) is 5.75. The van der Waals surface area contributed by atoms with Crippen LogP contribution in [0.1, 0.15) is 18.1 Å². The molecule has 1 aliphatic heterocycles. The summed E-state index contributed by atoms with van der Waals surface area (Å²) in [7, 11) is -2.14. The Morgan fingerprint density at radius 2 is 1.95 bits per heavy atom. The lowest BCUT2D eigenvalue weighted by Crippen LogP contribution is -2.38. The number of carbonyl (C=O) groups is 1. The fourth-order valence-corrected chi connectivity index (χ4v) is 5.00. The number of aromatic amines is 1. The minimum absolute atomic E-state index is 0.232. The van der Waals surface area contributed by atoms with Crippen molar-refractivity contribution in [3.8, 4) is 0 Å². The number of hydrogen-bond donors (Lipinski definition) is 2. The average Bonchev–Trinajstić information content (AvgIpc) is 2.35. The number of carboxylic acid groups (broad SMARTS) is 1. The second-order valence-electron chi connectivity index (χ2n) is 5.24. The molecule has 1 aromatic heterocycles. The van der Waals surface area contributed by atoms with Gasteiger partial charge in [0, 0.05) is 5.71 Å². The van der Waals surface area contributed by atoms with Crippen molar-refractivity contribution >= 4 is 45.3 Å². The summed E-state index contributed by atoms with van der Waals surface area (Å²) in [6.45, 7) is 5.17. The lowest BCUT2D eigenvalue weighted by atomic mass is 9.93. The van der Waals surface area contributed by atoms with Gasteiger partial charge >= 0.3 is 11.7 Å². The Bertz CT molecular complexity index is 850. The smallest absolute Gasteiger partial charge is 0.368 e. The Morgan fingerprint density at radius 1 is 1.36 bits per heavy atom. The molecule has 0 amide bonds. The van der Waals surface area contributed by atoms with Crippen LogP contribution in [-0.2, 0) is 4.79 Å². The Balaban J connectivity index is 2.97. The van der Waals surface area contributed by atoms with Crippen LogP contribution in [0, 0.1) is 5.92 Å². The second-order valence-corrected chi connectivity index (χ2v) is 9.02. The monoisotopic (exact) mass is 341 g/mol. The predicted molar refractivity (Wildman–Crippen MR) is 93.3 cm³/mol. The molecule has 0 bridgehead atoms. The van der Waals surface area contributed by atoms with Crippen LogP contribution >= 0.6 is 15.2 Å². The van der Waals surface area contributed by atoms with Crippen molar-refractivity contribution in [2.45, 2.75) is 12.6 Å². The summed E-state index contributed by atoms with van der Waals surface area (Å²) in [6.07, 6.45) is 7.83. The molecule has 0 saturated heterocycles. The number of aliphatic imine (C=N–C) groups is 1. The topological polar surface area (TPSA) is 105 Å². The molecule has 22 heavy (non-hydrogen) atoms. The van der Waals surface area contributed by atoms with Gasteiger partial charge in [-0.3, -0.25) is 14.6 Å². The fraction of sp³-hybridized carbons (Fsp3) is 0.385. The third-order valence-corrected chi connectivity index (χ3v) is 6.09. The average molecular weight is 341 g/mol. The molecule has 0 saturated carbocycles. The molecule has 1 aliphatic rings. The number of nitrogens with one attached hydrogen (secondary N) is 1. The maximum Gasteiger partial charge on any atom is 0.368 e. The minimum Gasteiger partial charge on any atom is -0.481 e. The van der Waals surface area contributed by atoms with Crippen LogP contribution in [-0.4, -0.2) is 52.0 Å². The number of fused-ring (bicyclic) bond motifs is 1. The summed E-state index contributed by atoms with van der Waals surface area (Å²) >= 11 is 0. The maximum atomic E-state index is 12.3. The normalized spacial score (nSPS) is 21.7. The van der Waals surface area contributed by atoms with Crippen molar-refractivity contribution in [1.82, 2.24) is 9.32 Å². The standard InChI is InChI=1S/C13H15N3O4P2/c1-6-7(12(18)19)9(21(2)3)8-10(14-6)16(22(4)5)13(20)15-11(8)17/h7,9H,2,4H2,1,3,5H3/p+2. The molecule has 0 fully saturated rings. The third-order valence-electron chi connectivity index (χ3n) is 3.53. The van der Waals surface area contributed by atoms with E-state index in [1.807, 2.05) is 6.66 Å². The molecular weight excluding hydrogens is 324 g/mol. The summed E-state index contributed by atoms with van der Waals surface area (Å²) < 4.78 is 1.35. The largest absolute Gasteiger partial charge is 0.481 e. The Hall–Kier alpha value is -1.84. The molecule has 9 heteroatoms. The van der Waals surface area contributed by atoms with E-state index in [0.29, 0.717) is 5.71 Å². The predicted octanol–water partition coefficient (Wildman–Crippen LogP) is 1.23. The molecule has 1 aromatic rings. The van der Waals surface area contributed by atoms with Crippen molar-refractivity contribution in [2.24, 2.45) is 10.9 Å². The van der Waals surface area contributed by atoms with Gasteiger partial charge in [-0.1, -0.05) is 4.34 Å². The van der Waals surface area contributed by atoms with E-state index in [4.69, 9.17) is 0 Å². The van der Waals surface area contributed by atoms with Crippen LogP contribution in [0.5, 0.6) is 0 Å². The van der Waals surface area contributed by atoms with E-state index in [0.717, 1.165) is 0 Å². The molecule has 7 nitrogen and oxygen atoms in total. The molecule has 0 radical (unpaired) electrons. The highest BCUT2D eigenvalue weighted by Crippen LogP contribution is 2.49. The summed E-state index contributed by atoms with van der Waals surface area (Å²) in [4.78, 5) is 42.4. The van der Waals surface area contributed by atoms with Gasteiger partial charge in [0.1, 0.15) is 18.1 Å². The fourth-order valence-electron chi connectivity index (χ4n) is 2.64. The van der Waals surface area contributed by atoms with Gasteiger partial charge in [-0.05, 0) is 6.92 Å². The Morgan fingerprint density at radius 3 is 2.41 bits per heavy atom. The lowest BCUT2D eigenvalue weighted by Gasteiger charge is -2.23. The highest BCUT2D eigenvalue weighted by atomic mass is 31.1. The first-order chi connectivity index (χ1) is 10.2. The van der Waals surface area contributed by atoms with Crippen molar-refractivity contribution < 1.29 is 9.90 Å². The van der Waals surface area contributed by atoms with Crippen molar-refractivity contribution in [2.75, 3.05) is 13.3 Å². The molecule has 2 N–H and O–H groups in total. The van der Waals surface area contributed by atoms with Crippen LogP contribution in [0.2, 0.25) is 0 Å². The van der Waals surface area contributed by atoms with E-state index in [2.05, 4.69) is 22.6 Å². The number of carboxylic acids is 1. The van der Waals surface area contributed by atoms with Gasteiger partial charge in [-0.25, -0.2) is 9.79 Å². The maximum absolute atomic E-state index is 12.3. The minimum atomic E-state index is -1.11. The first-order valence-electron chi connectivity index (χ1n) is 6.41. The number of aliphatic carboxylic acids is 1. The summed E-state index contributed by atoms with van der Waals surface area (Å²) in [5.41, 5.74) is -1.12. The molecule has 116 valence electrons. The zero-order valence-corrected chi connectivity index (χ0v) is 14.3. The molecule has 4 unspecified atom stereocenters. The SMILES string of the molecule is C=[P+](C)C1c2c(n([P+](=C)C)c(=O)[nH]c2=O)N=C(C)C1C(=O)O. The van der Waals surface area contributed by atoms with E-state index in [1.54, 1.807) is 13.6 Å². The number of aromatic nitrogens is 2. The quantitative estimate of drug-likeness (QED) is 0.807. The number of H-pyrrole nitrogens is 1. The van der Waals surface area contributed by atoms with Crippen molar-refractivity contribution in [3.63, 3.8) is 0 Å². The molecule has 0 spiro atoms. The molecule has 0 aliphatic carbocycles. The highest BCUT2D eigenvalue weighted by Gasteiger charge is 2.46. The highest BCUT2D eigenvalue weighted by molar-refractivity contribution is 7.55. The van der Waals surface area contributed by atoms with E-state index in [9.17, 15) is 19.5 Å². The van der Waals surface area contributed by atoms with Crippen LogP contribution < -0.4 is 11.2 Å². The zero-order chi connectivity index (χ0) is 16.8. The molecule has 4 atom stereocenters. The van der Waals surface area contributed by atoms with Crippen LogP contribution in [0.15, 0.2) is 14.6 Å². The summed E-state index contributed by atoms with van der Waals surface area (Å²) in [5, 5.41) is 9.49. The summed E-state index contributed by atoms with van der Waals surface area (Å²) in [5.74, 6) is -1.71. The van der Waals surface area contributed by atoms with Crippen molar-refractivity contribution in [3.05, 3.63) is 26.4 Å². The van der Waals surface area contributed by atoms with Crippen LogP contribution in [0.25, 0.3) is 0 Å². The number of rotatable bonds is 3.